The quantitative estimate of drug-likeness (QED) is 0.174. The number of hydrogen-bond acceptors (Lipinski definition) is 2. The van der Waals surface area contributed by atoms with Gasteiger partial charge in [-0.05, 0) is 11.1 Å². The molecule has 0 fully saturated rings. The van der Waals surface area contributed by atoms with Crippen LogP contribution in [0.3, 0.4) is 0 Å². The molecule has 2 heterocycles. The topological polar surface area (TPSA) is 30.9 Å². The average Bonchev–Trinajstić information content (AvgIpc) is 3.31. The number of hydrogen-bond donors (Lipinski definition) is 0. The third-order valence-electron chi connectivity index (χ3n) is 5.04. The molecule has 2 aliphatic rings. The first-order valence-corrected chi connectivity index (χ1v) is 8.83. The molecule has 170 valence electrons. The van der Waals surface area contributed by atoms with Crippen molar-refractivity contribution in [1.29, 1.82) is 0 Å². The van der Waals surface area contributed by atoms with Crippen LogP contribution in [0.25, 0.3) is 5.69 Å². The van der Waals surface area contributed by atoms with E-state index in [1.165, 1.54) is 6.33 Å². The van der Waals surface area contributed by atoms with Crippen LogP contribution >= 0.6 is 0 Å². The second-order valence-corrected chi connectivity index (χ2v) is 6.75. The van der Waals surface area contributed by atoms with Crippen LogP contribution in [0.4, 0.5) is 34.9 Å². The van der Waals surface area contributed by atoms with E-state index in [4.69, 9.17) is 4.74 Å². The van der Waals surface area contributed by atoms with Gasteiger partial charge in [0.15, 0.2) is 0 Å². The summed E-state index contributed by atoms with van der Waals surface area (Å²) in [5.41, 5.74) is 0.943. The Morgan fingerprint density at radius 1 is 0.938 bits per heavy atom. The Bertz CT molecular complexity index is 1130. The average molecular weight is 467 g/mol. The van der Waals surface area contributed by atoms with E-state index >= 15 is 0 Å². The van der Waals surface area contributed by atoms with Gasteiger partial charge in [-0.3, -0.25) is 12.9 Å². The Balaban J connectivity index is 0.000000536. The normalized spacial score (nSPS) is 18.0. The second kappa shape index (κ2) is 8.84. The third kappa shape index (κ3) is 3.83. The molecular weight excluding hydrogens is 456 g/mol. The van der Waals surface area contributed by atoms with E-state index in [9.17, 15) is 34.9 Å². The van der Waals surface area contributed by atoms with Crippen LogP contribution in [0, 0.1) is 29.1 Å². The molecule has 0 spiro atoms. The van der Waals surface area contributed by atoms with Gasteiger partial charge in [0.1, 0.15) is 18.8 Å². The van der Waals surface area contributed by atoms with Gasteiger partial charge in [0.05, 0.1) is 0 Å². The zero-order valence-electron chi connectivity index (χ0n) is 15.7. The Kier molecular flexibility index (Phi) is 6.53. The molecule has 0 radical (unpaired) electrons. The van der Waals surface area contributed by atoms with E-state index in [-0.39, 0.29) is 23.5 Å². The van der Waals surface area contributed by atoms with Gasteiger partial charge in [-0.15, -0.1) is 0 Å². The predicted molar refractivity (Wildman–Crippen MR) is 89.5 cm³/mol. The van der Waals surface area contributed by atoms with Crippen molar-refractivity contribution < 1.29 is 48.9 Å². The second-order valence-electron chi connectivity index (χ2n) is 6.75. The maximum absolute atomic E-state index is 14.1. The van der Waals surface area contributed by atoms with Gasteiger partial charge in [-0.2, -0.15) is 8.78 Å². The summed E-state index contributed by atoms with van der Waals surface area (Å²) in [5, 5.41) is 4.01. The van der Waals surface area contributed by atoms with Gasteiger partial charge >= 0.3 is 13.4 Å². The maximum atomic E-state index is 14.1. The van der Waals surface area contributed by atoms with Crippen LogP contribution in [-0.2, 0) is 17.8 Å². The van der Waals surface area contributed by atoms with Crippen molar-refractivity contribution in [3.8, 4) is 5.69 Å². The Morgan fingerprint density at radius 3 is 2.12 bits per heavy atom. The van der Waals surface area contributed by atoms with Gasteiger partial charge in [0.2, 0.25) is 41.1 Å². The van der Waals surface area contributed by atoms with Gasteiger partial charge in [0.25, 0.3) is 0 Å². The van der Waals surface area contributed by atoms with Crippen molar-refractivity contribution in [3.63, 3.8) is 0 Å². The Labute approximate surface area is 174 Å². The van der Waals surface area contributed by atoms with Gasteiger partial charge in [-0.25, -0.2) is 17.7 Å². The van der Waals surface area contributed by atoms with E-state index in [0.717, 1.165) is 11.1 Å². The van der Waals surface area contributed by atoms with Crippen LogP contribution < -0.4 is 9.27 Å². The molecule has 1 aliphatic heterocycles. The van der Waals surface area contributed by atoms with Crippen LogP contribution in [0.15, 0.2) is 30.6 Å². The summed E-state index contributed by atoms with van der Waals surface area (Å²) in [7, 11) is -3.67. The van der Waals surface area contributed by atoms with Gasteiger partial charge in [-0.1, -0.05) is 28.9 Å². The molecule has 2 atom stereocenters. The van der Waals surface area contributed by atoms with Crippen LogP contribution in [0.5, 0.6) is 0 Å². The molecule has 5 rings (SSSR count). The van der Waals surface area contributed by atoms with E-state index in [0.29, 0.717) is 16.9 Å². The number of aromatic nitrogens is 3. The highest BCUT2D eigenvalue weighted by molar-refractivity contribution is 6.33. The SMILES string of the molecule is FB(F)F.Fc1c(F)c(F)c(-n2c[n+]3c(n2)CO[C@@H]2Cc4ccccc4[C@H]23)c(F)c1F.[F-]. The van der Waals surface area contributed by atoms with Crippen LogP contribution in [-0.4, -0.2) is 23.4 Å². The fraction of sp³-hybridized carbons (Fsp3) is 0.222. The third-order valence-corrected chi connectivity index (χ3v) is 5.04. The molecule has 0 saturated carbocycles. The lowest BCUT2D eigenvalue weighted by Crippen LogP contribution is -3.00. The van der Waals surface area contributed by atoms with Crippen LogP contribution in [0.1, 0.15) is 23.0 Å². The minimum atomic E-state index is -3.67. The smallest absolute Gasteiger partial charge is 0.762 e. The summed E-state index contributed by atoms with van der Waals surface area (Å²) in [6, 6.07) is 7.37. The van der Waals surface area contributed by atoms with E-state index < -0.39 is 42.3 Å². The van der Waals surface area contributed by atoms with E-state index in [1.54, 1.807) is 4.57 Å². The minimum absolute atomic E-state index is 0. The lowest BCUT2D eigenvalue weighted by atomic mass is 10.1. The first kappa shape index (κ1) is 23.6. The molecule has 0 unspecified atom stereocenters. The molecule has 3 aromatic rings. The first-order valence-electron chi connectivity index (χ1n) is 8.83. The summed E-state index contributed by atoms with van der Waals surface area (Å²) in [5.74, 6) is -9.76. The number of rotatable bonds is 1. The predicted octanol–water partition coefficient (Wildman–Crippen LogP) is 0.783. The number of halogens is 9. The largest absolute Gasteiger partial charge is 1.00 e. The van der Waals surface area contributed by atoms with Gasteiger partial charge in [0, 0.05) is 11.5 Å². The summed E-state index contributed by atoms with van der Waals surface area (Å²) < 4.78 is 106. The molecule has 0 N–H and O–H groups in total. The van der Waals surface area contributed by atoms with E-state index in [2.05, 4.69) is 5.10 Å². The summed E-state index contributed by atoms with van der Waals surface area (Å²) in [6.45, 7) is 0.0670. The fourth-order valence-electron chi connectivity index (χ4n) is 3.82. The lowest BCUT2D eigenvalue weighted by molar-refractivity contribution is -0.739. The standard InChI is InChI=1S/C18H11F5N3O.BF3.FH/c19-12-13(20)15(22)18(16(23)14(12)21)26-7-25-11(24-26)6-27-10-5-8-3-1-2-4-9(8)17(10)25;2-1(3)4;/h1-4,7,10,17H,5-6H2;;1H/q+1;;/p-1/t10-,17-;;/m1../s1. The molecule has 0 amide bonds. The highest BCUT2D eigenvalue weighted by Crippen LogP contribution is 2.36. The molecule has 0 saturated heterocycles. The molecule has 4 nitrogen and oxygen atoms in total. The number of fused-ring (bicyclic) bond motifs is 5. The number of nitrogens with zero attached hydrogens (tertiary/aromatic N) is 3. The summed E-state index contributed by atoms with van der Waals surface area (Å²) in [6.07, 6.45) is 1.73. The fourth-order valence-corrected chi connectivity index (χ4v) is 3.82. The molecule has 0 bridgehead atoms. The maximum Gasteiger partial charge on any atom is 0.762 e. The molecule has 2 aromatic carbocycles. The van der Waals surface area contributed by atoms with E-state index in [1.807, 2.05) is 24.3 Å². The van der Waals surface area contributed by atoms with Crippen molar-refractivity contribution >= 4 is 7.54 Å². The minimum Gasteiger partial charge on any atom is -1.00 e. The highest BCUT2D eigenvalue weighted by Gasteiger charge is 2.44. The van der Waals surface area contributed by atoms with Crippen molar-refractivity contribution in [2.75, 3.05) is 0 Å². The molecular formula is C18H11BF9N3O. The molecule has 32 heavy (non-hydrogen) atoms. The van der Waals surface area contributed by atoms with Crippen LogP contribution in [0.2, 0.25) is 0 Å². The Hall–Kier alpha value is -3.03. The van der Waals surface area contributed by atoms with Crippen molar-refractivity contribution in [2.45, 2.75) is 25.2 Å². The lowest BCUT2D eigenvalue weighted by Gasteiger charge is -2.23. The Morgan fingerprint density at radius 2 is 1.50 bits per heavy atom. The number of benzene rings is 2. The summed E-state index contributed by atoms with van der Waals surface area (Å²) >= 11 is 0. The monoisotopic (exact) mass is 467 g/mol. The number of ether oxygens (including phenoxy) is 1. The summed E-state index contributed by atoms with van der Waals surface area (Å²) in [4.78, 5) is 0. The highest BCUT2D eigenvalue weighted by atomic mass is 19.4. The first-order chi connectivity index (χ1) is 14.7. The zero-order valence-corrected chi connectivity index (χ0v) is 15.7. The van der Waals surface area contributed by atoms with Crippen molar-refractivity contribution in [3.05, 3.63) is 76.6 Å². The molecule has 1 aliphatic carbocycles. The molecule has 14 heteroatoms. The van der Waals surface area contributed by atoms with Gasteiger partial charge < -0.3 is 9.44 Å². The molecule has 1 aromatic heterocycles. The zero-order chi connectivity index (χ0) is 22.4. The van der Waals surface area contributed by atoms with Crippen molar-refractivity contribution in [2.24, 2.45) is 0 Å². The van der Waals surface area contributed by atoms with Crippen molar-refractivity contribution in [1.82, 2.24) is 9.78 Å².